The van der Waals surface area contributed by atoms with Crippen LogP contribution in [0.5, 0.6) is 0 Å². The molecule has 2 aromatic carbocycles. The second kappa shape index (κ2) is 7.45. The van der Waals surface area contributed by atoms with Gasteiger partial charge in [-0.05, 0) is 55.0 Å². The summed E-state index contributed by atoms with van der Waals surface area (Å²) in [5.41, 5.74) is 1.66. The Hall–Kier alpha value is -3.06. The van der Waals surface area contributed by atoms with Gasteiger partial charge >= 0.3 is 0 Å². The van der Waals surface area contributed by atoms with E-state index in [2.05, 4.69) is 10.0 Å². The van der Waals surface area contributed by atoms with Crippen LogP contribution in [0.4, 0.5) is 5.69 Å². The van der Waals surface area contributed by atoms with Crippen LogP contribution in [0.1, 0.15) is 21.7 Å². The minimum Gasteiger partial charge on any atom is -0.467 e. The maximum absolute atomic E-state index is 12.6. The number of hydrogen-bond acceptors (Lipinski definition) is 4. The van der Waals surface area contributed by atoms with Crippen molar-refractivity contribution in [3.63, 3.8) is 0 Å². The highest BCUT2D eigenvalue weighted by molar-refractivity contribution is 7.92. The molecule has 134 valence electrons. The number of rotatable bonds is 6. The molecule has 0 aliphatic carbocycles. The van der Waals surface area contributed by atoms with Crippen LogP contribution in [-0.2, 0) is 16.6 Å². The number of benzene rings is 2. The van der Waals surface area contributed by atoms with Gasteiger partial charge in [0.15, 0.2) is 0 Å². The van der Waals surface area contributed by atoms with Gasteiger partial charge in [0.05, 0.1) is 17.7 Å². The molecule has 3 rings (SSSR count). The first-order valence-corrected chi connectivity index (χ1v) is 9.42. The molecular formula is C19H18N2O4S. The van der Waals surface area contributed by atoms with Gasteiger partial charge in [-0.1, -0.05) is 18.2 Å². The van der Waals surface area contributed by atoms with E-state index in [1.54, 1.807) is 36.4 Å². The first-order valence-electron chi connectivity index (χ1n) is 7.94. The predicted octanol–water partition coefficient (Wildman–Crippen LogP) is 3.32. The van der Waals surface area contributed by atoms with Gasteiger partial charge in [-0.2, -0.15) is 0 Å². The van der Waals surface area contributed by atoms with E-state index in [4.69, 9.17) is 4.42 Å². The summed E-state index contributed by atoms with van der Waals surface area (Å²) in [6.07, 6.45) is 1.52. The zero-order chi connectivity index (χ0) is 18.6. The van der Waals surface area contributed by atoms with Gasteiger partial charge in [-0.25, -0.2) is 8.42 Å². The zero-order valence-electron chi connectivity index (χ0n) is 14.1. The van der Waals surface area contributed by atoms with Gasteiger partial charge in [0.25, 0.3) is 15.9 Å². The topological polar surface area (TPSA) is 88.4 Å². The molecule has 1 heterocycles. The first kappa shape index (κ1) is 17.8. The molecule has 0 saturated heterocycles. The molecule has 0 unspecified atom stereocenters. The Morgan fingerprint density at radius 2 is 1.85 bits per heavy atom. The number of carbonyl (C=O) groups excluding carboxylic acids is 1. The third-order valence-corrected chi connectivity index (χ3v) is 5.06. The number of furan rings is 1. The lowest BCUT2D eigenvalue weighted by Crippen LogP contribution is -2.23. The number of nitrogens with one attached hydrogen (secondary N) is 2. The molecule has 26 heavy (non-hydrogen) atoms. The quantitative estimate of drug-likeness (QED) is 0.697. The fourth-order valence-electron chi connectivity index (χ4n) is 2.41. The summed E-state index contributed by atoms with van der Waals surface area (Å²) >= 11 is 0. The number of aryl methyl sites for hydroxylation is 1. The van der Waals surface area contributed by atoms with Gasteiger partial charge in [0.2, 0.25) is 0 Å². The Morgan fingerprint density at radius 1 is 1.04 bits per heavy atom. The maximum Gasteiger partial charge on any atom is 0.261 e. The number of anilines is 1. The number of amides is 1. The highest BCUT2D eigenvalue weighted by Gasteiger charge is 2.16. The van der Waals surface area contributed by atoms with E-state index in [0.29, 0.717) is 11.4 Å². The second-order valence-electron chi connectivity index (χ2n) is 5.76. The molecule has 1 aromatic heterocycles. The number of carbonyl (C=O) groups is 1. The molecule has 0 radical (unpaired) electrons. The van der Waals surface area contributed by atoms with Crippen molar-refractivity contribution < 1.29 is 17.6 Å². The molecular weight excluding hydrogens is 352 g/mol. The monoisotopic (exact) mass is 370 g/mol. The Labute approximate surface area is 151 Å². The molecule has 0 aliphatic heterocycles. The van der Waals surface area contributed by atoms with Gasteiger partial charge in [-0.15, -0.1) is 0 Å². The van der Waals surface area contributed by atoms with E-state index < -0.39 is 10.0 Å². The minimum atomic E-state index is -3.79. The average molecular weight is 370 g/mol. The molecule has 0 atom stereocenters. The van der Waals surface area contributed by atoms with Crippen molar-refractivity contribution in [2.75, 3.05) is 4.72 Å². The van der Waals surface area contributed by atoms with Gasteiger partial charge in [-0.3, -0.25) is 9.52 Å². The zero-order valence-corrected chi connectivity index (χ0v) is 14.9. The highest BCUT2D eigenvalue weighted by atomic mass is 32.2. The van der Waals surface area contributed by atoms with Crippen LogP contribution < -0.4 is 10.0 Å². The van der Waals surface area contributed by atoms with E-state index >= 15 is 0 Å². The molecule has 0 bridgehead atoms. The van der Waals surface area contributed by atoms with Crippen LogP contribution >= 0.6 is 0 Å². The van der Waals surface area contributed by atoms with E-state index in [1.807, 2.05) is 13.0 Å². The van der Waals surface area contributed by atoms with Crippen molar-refractivity contribution in [3.8, 4) is 0 Å². The molecule has 0 fully saturated rings. The van der Waals surface area contributed by atoms with Crippen LogP contribution in [0.15, 0.2) is 76.2 Å². The molecule has 1 amide bonds. The SMILES string of the molecule is Cc1cccc(NS(=O)(=O)c2cccc(C(=O)NCc3ccco3)c2)c1. The van der Waals surface area contributed by atoms with E-state index in [0.717, 1.165) is 5.56 Å². The fraction of sp³-hybridized carbons (Fsp3) is 0.105. The van der Waals surface area contributed by atoms with Crippen LogP contribution in [0, 0.1) is 6.92 Å². The molecule has 7 heteroatoms. The summed E-state index contributed by atoms with van der Waals surface area (Å²) in [7, 11) is -3.79. The van der Waals surface area contributed by atoms with Crippen LogP contribution in [0.3, 0.4) is 0 Å². The fourth-order valence-corrected chi connectivity index (χ4v) is 3.50. The molecule has 3 aromatic rings. The summed E-state index contributed by atoms with van der Waals surface area (Å²) in [4.78, 5) is 12.3. The lowest BCUT2D eigenvalue weighted by molar-refractivity contribution is 0.0948. The molecule has 2 N–H and O–H groups in total. The Kier molecular flexibility index (Phi) is 5.09. The highest BCUT2D eigenvalue weighted by Crippen LogP contribution is 2.18. The summed E-state index contributed by atoms with van der Waals surface area (Å²) in [6, 6.07) is 16.4. The third-order valence-electron chi connectivity index (χ3n) is 3.68. The van der Waals surface area contributed by atoms with E-state index in [9.17, 15) is 13.2 Å². The Bertz CT molecular complexity index is 1010. The summed E-state index contributed by atoms with van der Waals surface area (Å²) in [5.74, 6) is 0.234. The smallest absolute Gasteiger partial charge is 0.261 e. The van der Waals surface area contributed by atoms with Crippen molar-refractivity contribution >= 4 is 21.6 Å². The van der Waals surface area contributed by atoms with Crippen molar-refractivity contribution in [2.45, 2.75) is 18.4 Å². The minimum absolute atomic E-state index is 0.0182. The van der Waals surface area contributed by atoms with E-state index in [-0.39, 0.29) is 22.9 Å². The second-order valence-corrected chi connectivity index (χ2v) is 7.45. The van der Waals surface area contributed by atoms with Gasteiger partial charge in [0.1, 0.15) is 5.76 Å². The maximum atomic E-state index is 12.6. The van der Waals surface area contributed by atoms with Crippen LogP contribution in [-0.4, -0.2) is 14.3 Å². The van der Waals surface area contributed by atoms with Gasteiger partial charge in [0, 0.05) is 11.3 Å². The summed E-state index contributed by atoms with van der Waals surface area (Å²) in [5, 5.41) is 2.69. The van der Waals surface area contributed by atoms with Crippen molar-refractivity contribution in [1.82, 2.24) is 5.32 Å². The number of hydrogen-bond donors (Lipinski definition) is 2. The van der Waals surface area contributed by atoms with Crippen molar-refractivity contribution in [2.24, 2.45) is 0 Å². The largest absolute Gasteiger partial charge is 0.467 e. The molecule has 6 nitrogen and oxygen atoms in total. The lowest BCUT2D eigenvalue weighted by atomic mass is 10.2. The summed E-state index contributed by atoms with van der Waals surface area (Å²) in [6.45, 7) is 2.10. The number of sulfonamides is 1. The predicted molar refractivity (Wildman–Crippen MR) is 98.3 cm³/mol. The average Bonchev–Trinajstić information content (AvgIpc) is 3.13. The molecule has 0 saturated carbocycles. The Morgan fingerprint density at radius 3 is 2.58 bits per heavy atom. The normalized spacial score (nSPS) is 11.1. The van der Waals surface area contributed by atoms with E-state index in [1.165, 1.54) is 24.5 Å². The van der Waals surface area contributed by atoms with Crippen LogP contribution in [0.2, 0.25) is 0 Å². The van der Waals surface area contributed by atoms with Crippen molar-refractivity contribution in [1.29, 1.82) is 0 Å². The standard InChI is InChI=1S/C19H18N2O4S/c1-14-5-2-7-16(11-14)21-26(23,24)18-9-3-6-15(12-18)19(22)20-13-17-8-4-10-25-17/h2-12,21H,13H2,1H3,(H,20,22). The molecule has 0 spiro atoms. The van der Waals surface area contributed by atoms with Crippen LogP contribution in [0.25, 0.3) is 0 Å². The first-order chi connectivity index (χ1) is 12.4. The third kappa shape index (κ3) is 4.31. The Balaban J connectivity index is 1.76. The lowest BCUT2D eigenvalue weighted by Gasteiger charge is -2.10. The van der Waals surface area contributed by atoms with Crippen molar-refractivity contribution in [3.05, 3.63) is 83.8 Å². The molecule has 0 aliphatic rings. The summed E-state index contributed by atoms with van der Waals surface area (Å²) < 4.78 is 32.8. The van der Waals surface area contributed by atoms with Gasteiger partial charge < -0.3 is 9.73 Å².